The summed E-state index contributed by atoms with van der Waals surface area (Å²) < 4.78 is 21.2. The molecule has 10 heteroatoms. The van der Waals surface area contributed by atoms with Gasteiger partial charge in [-0.1, -0.05) is 23.7 Å². The van der Waals surface area contributed by atoms with E-state index in [1.54, 1.807) is 24.3 Å². The van der Waals surface area contributed by atoms with Crippen LogP contribution in [0.1, 0.15) is 17.9 Å². The van der Waals surface area contributed by atoms with Crippen molar-refractivity contribution in [2.45, 2.75) is 30.6 Å². The normalized spacial score (nSPS) is 26.6. The molecule has 27 heavy (non-hydrogen) atoms. The van der Waals surface area contributed by atoms with Crippen LogP contribution in [-0.2, 0) is 4.74 Å². The monoisotopic (exact) mass is 394 g/mol. The van der Waals surface area contributed by atoms with Gasteiger partial charge in [0.2, 0.25) is 0 Å². The molecule has 5 N–H and O–H groups in total. The fourth-order valence-corrected chi connectivity index (χ4v) is 3.41. The van der Waals surface area contributed by atoms with Gasteiger partial charge in [0, 0.05) is 11.2 Å². The summed E-state index contributed by atoms with van der Waals surface area (Å²) in [6.45, 7) is 0. The molecule has 0 bridgehead atoms. The van der Waals surface area contributed by atoms with Crippen LogP contribution in [0.2, 0.25) is 5.02 Å². The number of nitrogens with zero attached hydrogens (tertiary/aromatic N) is 3. The number of aliphatic hydroxyl groups is 3. The molecular weight excluding hydrogens is 379 g/mol. The molecule has 0 radical (unpaired) electrons. The SMILES string of the molecule is Nc1ncnc2c1c(F)cn2[C@@H]1O[C@H]([C@H](O)c2ccc(Cl)cc2)[C@@H](O)[C@H]1O. The lowest BCUT2D eigenvalue weighted by molar-refractivity contribution is -0.0849. The summed E-state index contributed by atoms with van der Waals surface area (Å²) in [7, 11) is 0. The smallest absolute Gasteiger partial charge is 0.164 e. The summed E-state index contributed by atoms with van der Waals surface area (Å²) in [6, 6.07) is 6.34. The van der Waals surface area contributed by atoms with Crippen molar-refractivity contribution in [2.75, 3.05) is 5.73 Å². The van der Waals surface area contributed by atoms with Crippen LogP contribution in [0, 0.1) is 5.82 Å². The highest BCUT2D eigenvalue weighted by Gasteiger charge is 2.47. The second-order valence-electron chi connectivity index (χ2n) is 6.31. The van der Waals surface area contributed by atoms with Gasteiger partial charge in [-0.25, -0.2) is 14.4 Å². The van der Waals surface area contributed by atoms with E-state index in [0.29, 0.717) is 10.6 Å². The number of aliphatic hydroxyl groups excluding tert-OH is 3. The van der Waals surface area contributed by atoms with Gasteiger partial charge in [0.05, 0.1) is 5.39 Å². The molecule has 142 valence electrons. The Morgan fingerprint density at radius 3 is 2.59 bits per heavy atom. The number of benzene rings is 1. The van der Waals surface area contributed by atoms with E-state index in [1.165, 1.54) is 4.57 Å². The molecule has 1 aliphatic heterocycles. The van der Waals surface area contributed by atoms with Crippen molar-refractivity contribution in [3.63, 3.8) is 0 Å². The number of nitrogen functional groups attached to an aromatic ring is 1. The Hall–Kier alpha value is -2.30. The lowest BCUT2D eigenvalue weighted by Crippen LogP contribution is -2.34. The molecule has 0 spiro atoms. The molecule has 0 saturated carbocycles. The van der Waals surface area contributed by atoms with Crippen molar-refractivity contribution in [1.29, 1.82) is 0 Å². The zero-order chi connectivity index (χ0) is 19.3. The fraction of sp³-hybridized carbons (Fsp3) is 0.294. The number of rotatable bonds is 3. The second kappa shape index (κ2) is 6.70. The average molecular weight is 395 g/mol. The van der Waals surface area contributed by atoms with E-state index in [2.05, 4.69) is 9.97 Å². The van der Waals surface area contributed by atoms with Crippen molar-refractivity contribution < 1.29 is 24.4 Å². The minimum atomic E-state index is -1.43. The Kier molecular flexibility index (Phi) is 4.49. The number of hydrogen-bond donors (Lipinski definition) is 4. The molecule has 4 rings (SSSR count). The standard InChI is InChI=1S/C17H16ClFN4O4/c18-8-3-1-7(2-4-8)11(24)14-12(25)13(26)17(27-14)23-5-9(19)10-15(20)21-6-22-16(10)23/h1-6,11-14,17,24-26H,(H2,20,21,22)/t11-,12+,13-,14-,17-/m1/s1. The third-order valence-electron chi connectivity index (χ3n) is 4.66. The maximum Gasteiger partial charge on any atom is 0.164 e. The Bertz CT molecular complexity index is 983. The molecule has 5 atom stereocenters. The number of anilines is 1. The second-order valence-corrected chi connectivity index (χ2v) is 6.75. The summed E-state index contributed by atoms with van der Waals surface area (Å²) in [5, 5.41) is 31.9. The Morgan fingerprint density at radius 2 is 1.89 bits per heavy atom. The molecular formula is C17H16ClFN4O4. The van der Waals surface area contributed by atoms with Crippen LogP contribution in [-0.4, -0.2) is 48.2 Å². The van der Waals surface area contributed by atoms with E-state index in [9.17, 15) is 19.7 Å². The van der Waals surface area contributed by atoms with E-state index < -0.39 is 36.5 Å². The predicted molar refractivity (Wildman–Crippen MR) is 94.2 cm³/mol. The highest BCUT2D eigenvalue weighted by atomic mass is 35.5. The lowest BCUT2D eigenvalue weighted by Gasteiger charge is -2.21. The topological polar surface area (TPSA) is 127 Å². The van der Waals surface area contributed by atoms with Gasteiger partial charge < -0.3 is 30.4 Å². The summed E-state index contributed by atoms with van der Waals surface area (Å²) >= 11 is 5.84. The molecule has 3 aromatic rings. The zero-order valence-corrected chi connectivity index (χ0v) is 14.5. The number of aromatic nitrogens is 3. The molecule has 1 aromatic carbocycles. The molecule has 0 amide bonds. The van der Waals surface area contributed by atoms with E-state index >= 15 is 0 Å². The van der Waals surface area contributed by atoms with Gasteiger partial charge in [0.15, 0.2) is 17.7 Å². The average Bonchev–Trinajstić information content (AvgIpc) is 3.13. The third-order valence-corrected chi connectivity index (χ3v) is 4.92. The highest BCUT2D eigenvalue weighted by molar-refractivity contribution is 6.30. The van der Waals surface area contributed by atoms with Crippen molar-refractivity contribution in [2.24, 2.45) is 0 Å². The van der Waals surface area contributed by atoms with Crippen LogP contribution >= 0.6 is 11.6 Å². The number of hydrogen-bond acceptors (Lipinski definition) is 7. The number of halogens is 2. The van der Waals surface area contributed by atoms with E-state index in [-0.39, 0.29) is 16.9 Å². The maximum atomic E-state index is 14.3. The van der Waals surface area contributed by atoms with E-state index in [1.807, 2.05) is 0 Å². The van der Waals surface area contributed by atoms with Crippen molar-refractivity contribution in [3.05, 3.63) is 53.2 Å². The number of fused-ring (bicyclic) bond motifs is 1. The molecule has 1 saturated heterocycles. The van der Waals surface area contributed by atoms with Gasteiger partial charge in [-0.15, -0.1) is 0 Å². The molecule has 8 nitrogen and oxygen atoms in total. The van der Waals surface area contributed by atoms with Crippen LogP contribution in [0.25, 0.3) is 11.0 Å². The Labute approximate surface area is 157 Å². The lowest BCUT2D eigenvalue weighted by atomic mass is 9.99. The quantitative estimate of drug-likeness (QED) is 0.525. The number of ether oxygens (including phenoxy) is 1. The van der Waals surface area contributed by atoms with Crippen molar-refractivity contribution >= 4 is 28.5 Å². The van der Waals surface area contributed by atoms with Gasteiger partial charge in [-0.3, -0.25) is 0 Å². The molecule has 0 aliphatic carbocycles. The van der Waals surface area contributed by atoms with Crippen LogP contribution in [0.3, 0.4) is 0 Å². The van der Waals surface area contributed by atoms with Gasteiger partial charge in [-0.2, -0.15) is 0 Å². The van der Waals surface area contributed by atoms with Gasteiger partial charge in [0.25, 0.3) is 0 Å². The third kappa shape index (κ3) is 2.93. The molecule has 0 unspecified atom stereocenters. The highest BCUT2D eigenvalue weighted by Crippen LogP contribution is 2.38. The predicted octanol–water partition coefficient (Wildman–Crippen LogP) is 1.16. The minimum Gasteiger partial charge on any atom is -0.387 e. The summed E-state index contributed by atoms with van der Waals surface area (Å²) in [5.74, 6) is -0.739. The summed E-state index contributed by atoms with van der Waals surface area (Å²) in [5.41, 5.74) is 6.25. The van der Waals surface area contributed by atoms with Crippen LogP contribution in [0.4, 0.5) is 10.2 Å². The van der Waals surface area contributed by atoms with E-state index in [0.717, 1.165) is 12.5 Å². The molecule has 1 fully saturated rings. The first-order valence-electron chi connectivity index (χ1n) is 8.10. The Balaban J connectivity index is 1.68. The van der Waals surface area contributed by atoms with Crippen molar-refractivity contribution in [3.8, 4) is 0 Å². The van der Waals surface area contributed by atoms with Crippen LogP contribution < -0.4 is 5.73 Å². The molecule has 1 aliphatic rings. The van der Waals surface area contributed by atoms with E-state index in [4.69, 9.17) is 22.1 Å². The Morgan fingerprint density at radius 1 is 1.19 bits per heavy atom. The van der Waals surface area contributed by atoms with Gasteiger partial charge in [-0.05, 0) is 17.7 Å². The summed E-state index contributed by atoms with van der Waals surface area (Å²) in [6.07, 6.45) is -4.18. The van der Waals surface area contributed by atoms with Crippen LogP contribution in [0.5, 0.6) is 0 Å². The maximum absolute atomic E-state index is 14.3. The first-order chi connectivity index (χ1) is 12.9. The van der Waals surface area contributed by atoms with Crippen molar-refractivity contribution in [1.82, 2.24) is 14.5 Å². The van der Waals surface area contributed by atoms with Gasteiger partial charge >= 0.3 is 0 Å². The minimum absolute atomic E-state index is 0.00973. The number of nitrogens with two attached hydrogens (primary N) is 1. The molecule has 2 aromatic heterocycles. The summed E-state index contributed by atoms with van der Waals surface area (Å²) in [4.78, 5) is 7.73. The van der Waals surface area contributed by atoms with Crippen LogP contribution in [0.15, 0.2) is 36.8 Å². The van der Waals surface area contributed by atoms with Gasteiger partial charge in [0.1, 0.15) is 36.6 Å². The largest absolute Gasteiger partial charge is 0.387 e. The molecule has 3 heterocycles. The first kappa shape index (κ1) is 18.1. The first-order valence-corrected chi connectivity index (χ1v) is 8.48. The zero-order valence-electron chi connectivity index (χ0n) is 13.8. The fourth-order valence-electron chi connectivity index (χ4n) is 3.28.